The van der Waals surface area contributed by atoms with Crippen molar-refractivity contribution in [1.82, 2.24) is 4.90 Å². The van der Waals surface area contributed by atoms with Crippen molar-refractivity contribution in [3.8, 4) is 0 Å². The number of rotatable bonds is 4. The highest BCUT2D eigenvalue weighted by atomic mass is 16.4. The maximum Gasteiger partial charge on any atom is 0.307 e. The van der Waals surface area contributed by atoms with Crippen molar-refractivity contribution in [2.75, 3.05) is 7.05 Å². The Hall–Kier alpha value is -2.70. The van der Waals surface area contributed by atoms with Crippen LogP contribution in [-0.2, 0) is 22.4 Å². The summed E-state index contributed by atoms with van der Waals surface area (Å²) in [5.74, 6) is -1.57. The molecule has 0 aliphatic carbocycles. The van der Waals surface area contributed by atoms with Gasteiger partial charge in [0.1, 0.15) is 0 Å². The molecule has 2 aromatic carbocycles. The van der Waals surface area contributed by atoms with E-state index in [1.54, 1.807) is 24.3 Å². The van der Waals surface area contributed by atoms with Gasteiger partial charge in [0.05, 0.1) is 18.9 Å². The molecule has 2 atom stereocenters. The maximum absolute atomic E-state index is 10.2. The first kappa shape index (κ1) is 24.6. The first-order valence-electron chi connectivity index (χ1n) is 10.8. The molecular formula is C25H33NO5. The second-order valence-corrected chi connectivity index (χ2v) is 8.14. The Morgan fingerprint density at radius 3 is 1.55 bits per heavy atom. The largest absolute Gasteiger partial charge is 0.481 e. The lowest BCUT2D eigenvalue weighted by Crippen LogP contribution is -2.51. The van der Waals surface area contributed by atoms with Gasteiger partial charge in [0.25, 0.3) is 0 Å². The summed E-state index contributed by atoms with van der Waals surface area (Å²) in [7, 11) is 2.21. The molecule has 0 spiro atoms. The lowest BCUT2D eigenvalue weighted by molar-refractivity contribution is -0.137. The highest BCUT2D eigenvalue weighted by Gasteiger charge is 2.34. The first-order chi connectivity index (χ1) is 14.8. The second-order valence-electron chi connectivity index (χ2n) is 8.14. The summed E-state index contributed by atoms with van der Waals surface area (Å²) in [6.07, 6.45) is 6.18. The minimum Gasteiger partial charge on any atom is -0.481 e. The van der Waals surface area contributed by atoms with E-state index in [1.165, 1.54) is 19.3 Å². The summed E-state index contributed by atoms with van der Waals surface area (Å²) >= 11 is 0. The molecule has 6 nitrogen and oxygen atoms in total. The van der Waals surface area contributed by atoms with Gasteiger partial charge in [-0.25, -0.2) is 0 Å². The molecule has 2 aliphatic rings. The molecule has 0 amide bonds. The van der Waals surface area contributed by atoms with Gasteiger partial charge in [0, 0.05) is 12.1 Å². The predicted molar refractivity (Wildman–Crippen MR) is 120 cm³/mol. The lowest BCUT2D eigenvalue weighted by Gasteiger charge is -2.45. The van der Waals surface area contributed by atoms with E-state index >= 15 is 0 Å². The monoisotopic (exact) mass is 427 g/mol. The highest BCUT2D eigenvalue weighted by Crippen LogP contribution is 2.32. The van der Waals surface area contributed by atoms with E-state index in [-0.39, 0.29) is 18.9 Å². The number of hydrogen-bond donors (Lipinski definition) is 3. The third-order valence-electron chi connectivity index (χ3n) is 5.71. The SMILES string of the molecule is CN1C2CCCC1CC(O)C2.O=C(O)Cc1ccccc1.O=C(O)Cc1ccccc1. The van der Waals surface area contributed by atoms with Gasteiger partial charge in [0.15, 0.2) is 0 Å². The fraction of sp³-hybridized carbons (Fsp3) is 0.440. The topological polar surface area (TPSA) is 98.1 Å². The summed E-state index contributed by atoms with van der Waals surface area (Å²) < 4.78 is 0. The summed E-state index contributed by atoms with van der Waals surface area (Å²) in [5, 5.41) is 26.2. The van der Waals surface area contributed by atoms with Crippen LogP contribution in [0.15, 0.2) is 60.7 Å². The second kappa shape index (κ2) is 12.9. The molecular weight excluding hydrogens is 394 g/mol. The fourth-order valence-corrected chi connectivity index (χ4v) is 4.13. The molecule has 168 valence electrons. The molecule has 6 heteroatoms. The van der Waals surface area contributed by atoms with Crippen LogP contribution in [0.3, 0.4) is 0 Å². The van der Waals surface area contributed by atoms with Gasteiger partial charge in [-0.3, -0.25) is 9.59 Å². The van der Waals surface area contributed by atoms with Crippen molar-refractivity contribution < 1.29 is 24.9 Å². The van der Waals surface area contributed by atoms with Gasteiger partial charge in [-0.15, -0.1) is 0 Å². The fourth-order valence-electron chi connectivity index (χ4n) is 4.13. The van der Waals surface area contributed by atoms with Crippen molar-refractivity contribution in [3.05, 3.63) is 71.8 Å². The Morgan fingerprint density at radius 2 is 1.19 bits per heavy atom. The van der Waals surface area contributed by atoms with Crippen molar-refractivity contribution in [2.24, 2.45) is 0 Å². The molecule has 2 heterocycles. The highest BCUT2D eigenvalue weighted by molar-refractivity contribution is 5.70. The van der Waals surface area contributed by atoms with Crippen LogP contribution in [0.1, 0.15) is 43.2 Å². The molecule has 3 N–H and O–H groups in total. The Balaban J connectivity index is 0.000000166. The molecule has 0 radical (unpaired) electrons. The van der Waals surface area contributed by atoms with Crippen LogP contribution in [0, 0.1) is 0 Å². The maximum atomic E-state index is 10.2. The number of hydrogen-bond acceptors (Lipinski definition) is 4. The minimum atomic E-state index is -0.786. The Kier molecular flexibility index (Phi) is 10.2. The van der Waals surface area contributed by atoms with Crippen molar-refractivity contribution in [3.63, 3.8) is 0 Å². The molecule has 0 aromatic heterocycles. The van der Waals surface area contributed by atoms with E-state index < -0.39 is 11.9 Å². The number of benzene rings is 2. The molecule has 4 rings (SSSR count). The van der Waals surface area contributed by atoms with E-state index in [4.69, 9.17) is 10.2 Å². The normalized spacial score (nSPS) is 22.2. The van der Waals surface area contributed by atoms with E-state index in [0.29, 0.717) is 12.1 Å². The number of carboxylic acid groups (broad SMARTS) is 2. The standard InChI is InChI=1S/C9H17NO.2C8H8O2/c1-10-7-3-2-4-8(10)6-9(11)5-7;2*9-8(10)6-7-4-2-1-3-5-7/h7-9,11H,2-6H2,1H3;2*1-5H,6H2,(H,9,10). The predicted octanol–water partition coefficient (Wildman–Crippen LogP) is 3.62. The third-order valence-corrected chi connectivity index (χ3v) is 5.71. The molecule has 2 aromatic rings. The average Bonchev–Trinajstić information content (AvgIpc) is 2.71. The van der Waals surface area contributed by atoms with Crippen molar-refractivity contribution >= 4 is 11.9 Å². The van der Waals surface area contributed by atoms with Gasteiger partial charge in [-0.2, -0.15) is 0 Å². The molecule has 2 fully saturated rings. The van der Waals surface area contributed by atoms with Gasteiger partial charge >= 0.3 is 11.9 Å². The Bertz CT molecular complexity index is 731. The molecule has 31 heavy (non-hydrogen) atoms. The number of piperidine rings is 2. The van der Waals surface area contributed by atoms with Crippen molar-refractivity contribution in [2.45, 2.75) is 63.1 Å². The number of carboxylic acids is 2. The van der Waals surface area contributed by atoms with Gasteiger partial charge < -0.3 is 20.2 Å². The van der Waals surface area contributed by atoms with E-state index in [0.717, 1.165) is 24.0 Å². The summed E-state index contributed by atoms with van der Waals surface area (Å²) in [4.78, 5) is 22.8. The number of nitrogens with zero attached hydrogens (tertiary/aromatic N) is 1. The number of aliphatic carboxylic acids is 2. The summed E-state index contributed by atoms with van der Waals surface area (Å²) in [6.45, 7) is 0. The number of fused-ring (bicyclic) bond motifs is 2. The van der Waals surface area contributed by atoms with Gasteiger partial charge in [0.2, 0.25) is 0 Å². The van der Waals surface area contributed by atoms with E-state index in [1.807, 2.05) is 36.4 Å². The Labute approximate surface area is 184 Å². The van der Waals surface area contributed by atoms with Crippen LogP contribution in [0.2, 0.25) is 0 Å². The number of aliphatic hydroxyl groups is 1. The molecule has 2 unspecified atom stereocenters. The number of carbonyl (C=O) groups is 2. The zero-order chi connectivity index (χ0) is 22.6. The summed E-state index contributed by atoms with van der Waals surface area (Å²) in [5.41, 5.74) is 1.69. The van der Waals surface area contributed by atoms with Crippen LogP contribution in [0.4, 0.5) is 0 Å². The zero-order valence-electron chi connectivity index (χ0n) is 18.1. The smallest absolute Gasteiger partial charge is 0.307 e. The minimum absolute atomic E-state index is 0.0125. The van der Waals surface area contributed by atoms with E-state index in [9.17, 15) is 14.7 Å². The van der Waals surface area contributed by atoms with Crippen LogP contribution < -0.4 is 0 Å². The van der Waals surface area contributed by atoms with Crippen LogP contribution >= 0.6 is 0 Å². The molecule has 2 bridgehead atoms. The van der Waals surface area contributed by atoms with Crippen LogP contribution in [-0.4, -0.2) is 57.4 Å². The summed E-state index contributed by atoms with van der Waals surface area (Å²) in [6, 6.07) is 19.6. The zero-order valence-corrected chi connectivity index (χ0v) is 18.1. The van der Waals surface area contributed by atoms with Crippen LogP contribution in [0.5, 0.6) is 0 Å². The number of aliphatic hydroxyl groups excluding tert-OH is 1. The third kappa shape index (κ3) is 9.32. The quantitative estimate of drug-likeness (QED) is 0.689. The van der Waals surface area contributed by atoms with Crippen LogP contribution in [0.25, 0.3) is 0 Å². The Morgan fingerprint density at radius 1 is 0.806 bits per heavy atom. The molecule has 2 aliphatic heterocycles. The average molecular weight is 428 g/mol. The van der Waals surface area contributed by atoms with Crippen molar-refractivity contribution in [1.29, 1.82) is 0 Å². The van der Waals surface area contributed by atoms with Gasteiger partial charge in [-0.05, 0) is 43.9 Å². The molecule has 2 saturated heterocycles. The lowest BCUT2D eigenvalue weighted by atomic mass is 9.84. The first-order valence-corrected chi connectivity index (χ1v) is 10.8. The van der Waals surface area contributed by atoms with E-state index in [2.05, 4.69) is 11.9 Å². The van der Waals surface area contributed by atoms with Gasteiger partial charge in [-0.1, -0.05) is 67.1 Å². The molecule has 0 saturated carbocycles.